The van der Waals surface area contributed by atoms with Gasteiger partial charge in [0, 0.05) is 11.1 Å². The second-order valence-corrected chi connectivity index (χ2v) is 2.12. The van der Waals surface area contributed by atoms with Gasteiger partial charge in [0.2, 0.25) is 0 Å². The van der Waals surface area contributed by atoms with Crippen molar-refractivity contribution in [1.29, 1.82) is 0 Å². The van der Waals surface area contributed by atoms with Crippen LogP contribution in [-0.2, 0) is 27.7 Å². The Labute approximate surface area is 94.7 Å². The first-order valence-corrected chi connectivity index (χ1v) is 3.14. The number of carboxylic acid groups (broad SMARTS) is 2. The van der Waals surface area contributed by atoms with E-state index in [-0.39, 0.29) is 38.8 Å². The van der Waals surface area contributed by atoms with Crippen LogP contribution in [0.4, 0.5) is 0 Å². The molecule has 0 amide bonds. The topological polar surface area (TPSA) is 80.3 Å². The molecule has 0 radical (unpaired) electrons. The predicted octanol–water partition coefficient (Wildman–Crippen LogP) is -1.59. The van der Waals surface area contributed by atoms with Crippen LogP contribution in [0.5, 0.6) is 0 Å². The van der Waals surface area contributed by atoms with Gasteiger partial charge in [-0.15, -0.1) is 0 Å². The Kier molecular flexibility index (Phi) is 4.62. The maximum atomic E-state index is 10.3. The third-order valence-corrected chi connectivity index (χ3v) is 1.37. The third-order valence-electron chi connectivity index (χ3n) is 1.37. The van der Waals surface area contributed by atoms with Gasteiger partial charge in [0.15, 0.2) is 0 Å². The molecular weight excluding hydrogens is 361 g/mol. The van der Waals surface area contributed by atoms with Crippen LogP contribution in [0.2, 0.25) is 0 Å². The molecule has 1 aromatic carbocycles. The molecule has 0 spiro atoms. The number of carboxylic acids is 2. The van der Waals surface area contributed by atoms with Gasteiger partial charge in [-0.3, -0.25) is 0 Å². The van der Waals surface area contributed by atoms with Crippen molar-refractivity contribution in [2.45, 2.75) is 0 Å². The second-order valence-electron chi connectivity index (χ2n) is 2.12. The Balaban J connectivity index is 0.00000144. The fourth-order valence-electron chi connectivity index (χ4n) is 0.839. The summed E-state index contributed by atoms with van der Waals surface area (Å²) in [5.41, 5.74) is -0.727. The van der Waals surface area contributed by atoms with E-state index in [0.717, 1.165) is 12.1 Å². The molecule has 1 aromatic rings. The smallest absolute Gasteiger partial charge is 0.545 e. The molecule has 0 N–H and O–H groups in total. The Morgan fingerprint density at radius 1 is 0.923 bits per heavy atom. The first-order chi connectivity index (χ1) is 5.63. The van der Waals surface area contributed by atoms with Gasteiger partial charge in [-0.25, -0.2) is 0 Å². The quantitative estimate of drug-likeness (QED) is 0.593. The number of benzene rings is 1. The van der Waals surface area contributed by atoms with E-state index in [0.29, 0.717) is 0 Å². The molecule has 0 heterocycles. The average Bonchev–Trinajstić information content (AvgIpc) is 2.04. The number of rotatable bonds is 2. The summed E-state index contributed by atoms with van der Waals surface area (Å²) in [6.45, 7) is 0. The molecule has 0 aromatic heterocycles. The van der Waals surface area contributed by atoms with Crippen LogP contribution in [-0.4, -0.2) is 11.9 Å². The van der Waals surface area contributed by atoms with Crippen molar-refractivity contribution >= 4 is 11.9 Å². The molecule has 0 aliphatic heterocycles. The van der Waals surface area contributed by atoms with Crippen molar-refractivity contribution in [3.8, 4) is 0 Å². The fourth-order valence-corrected chi connectivity index (χ4v) is 0.839. The van der Waals surface area contributed by atoms with Crippen molar-refractivity contribution < 1.29 is 47.5 Å². The van der Waals surface area contributed by atoms with E-state index in [1.54, 1.807) is 0 Å². The summed E-state index contributed by atoms with van der Waals surface area (Å²) in [7, 11) is 0. The van der Waals surface area contributed by atoms with Crippen molar-refractivity contribution in [2.75, 3.05) is 0 Å². The summed E-state index contributed by atoms with van der Waals surface area (Å²) >= 11 is 0. The predicted molar refractivity (Wildman–Crippen MR) is 35.1 cm³/mol. The van der Waals surface area contributed by atoms with Gasteiger partial charge in [-0.2, -0.15) is 0 Å². The van der Waals surface area contributed by atoms with Gasteiger partial charge < -0.3 is 19.8 Å². The molecule has 13 heavy (non-hydrogen) atoms. The zero-order valence-electron chi connectivity index (χ0n) is 6.65. The van der Waals surface area contributed by atoms with E-state index in [4.69, 9.17) is 0 Å². The number of hydrogen-bond acceptors (Lipinski definition) is 4. The van der Waals surface area contributed by atoms with E-state index < -0.39 is 11.9 Å². The number of carbonyl (C=O) groups is 2. The maximum absolute atomic E-state index is 10.3. The standard InChI is InChI=1S/C8H6O4.Hg/c9-7(10)5-3-1-2-4-6(5)8(11)12;/h1-4H,(H,9,10)(H,11,12);/q;+2/p-2. The molecule has 1 rings (SSSR count). The second kappa shape index (κ2) is 4.96. The number of carbonyl (C=O) groups excluding carboxylic acids is 2. The Bertz CT molecular complexity index is 302. The van der Waals surface area contributed by atoms with E-state index >= 15 is 0 Å². The van der Waals surface area contributed by atoms with Crippen molar-refractivity contribution in [3.63, 3.8) is 0 Å². The molecule has 0 bridgehead atoms. The van der Waals surface area contributed by atoms with E-state index in [9.17, 15) is 19.8 Å². The van der Waals surface area contributed by atoms with Crippen LogP contribution < -0.4 is 10.2 Å². The zero-order valence-corrected chi connectivity index (χ0v) is 12.1. The summed E-state index contributed by atoms with van der Waals surface area (Å²) in [5, 5.41) is 20.6. The first-order valence-electron chi connectivity index (χ1n) is 3.14. The average molecular weight is 365 g/mol. The molecule has 0 aliphatic rings. The monoisotopic (exact) mass is 366 g/mol. The maximum Gasteiger partial charge on any atom is 2.00 e. The summed E-state index contributed by atoms with van der Waals surface area (Å²) < 4.78 is 0. The molecule has 0 fully saturated rings. The number of hydrogen-bond donors (Lipinski definition) is 0. The van der Waals surface area contributed by atoms with Gasteiger partial charge >= 0.3 is 27.7 Å². The molecule has 0 unspecified atom stereocenters. The van der Waals surface area contributed by atoms with Crippen molar-refractivity contribution in [3.05, 3.63) is 35.4 Å². The SMILES string of the molecule is O=C([O-])c1ccccc1C(=O)[O-].[Hg+2]. The molecule has 0 saturated heterocycles. The van der Waals surface area contributed by atoms with Gasteiger partial charge in [0.1, 0.15) is 0 Å². The minimum absolute atomic E-state index is 0. The Morgan fingerprint density at radius 3 is 1.46 bits per heavy atom. The van der Waals surface area contributed by atoms with E-state index in [1.165, 1.54) is 12.1 Å². The number of aromatic carboxylic acids is 2. The van der Waals surface area contributed by atoms with E-state index in [2.05, 4.69) is 0 Å². The molecule has 0 aliphatic carbocycles. The molecule has 0 atom stereocenters. The Morgan fingerprint density at radius 2 is 1.23 bits per heavy atom. The van der Waals surface area contributed by atoms with Gasteiger partial charge in [0.25, 0.3) is 0 Å². The molecule has 5 heteroatoms. The van der Waals surface area contributed by atoms with Gasteiger partial charge in [-0.1, -0.05) is 24.3 Å². The summed E-state index contributed by atoms with van der Waals surface area (Å²) in [6, 6.07) is 5.14. The minimum atomic E-state index is -1.52. The molecule has 4 nitrogen and oxygen atoms in total. The van der Waals surface area contributed by atoms with Crippen LogP contribution in [0.25, 0.3) is 0 Å². The van der Waals surface area contributed by atoms with Crippen LogP contribution in [0.1, 0.15) is 20.7 Å². The molecule has 0 saturated carbocycles. The van der Waals surface area contributed by atoms with E-state index in [1.807, 2.05) is 0 Å². The molecule has 62 valence electrons. The van der Waals surface area contributed by atoms with Crippen LogP contribution in [0.15, 0.2) is 24.3 Å². The van der Waals surface area contributed by atoms with Gasteiger partial charge in [0.05, 0.1) is 11.9 Å². The zero-order chi connectivity index (χ0) is 9.14. The van der Waals surface area contributed by atoms with Crippen LogP contribution in [0, 0.1) is 0 Å². The minimum Gasteiger partial charge on any atom is -0.545 e. The van der Waals surface area contributed by atoms with Crippen molar-refractivity contribution in [1.82, 2.24) is 0 Å². The molecular formula is C8H4HgO4. The fraction of sp³-hybridized carbons (Fsp3) is 0. The largest absolute Gasteiger partial charge is 2.00 e. The summed E-state index contributed by atoms with van der Waals surface area (Å²) in [4.78, 5) is 20.6. The third kappa shape index (κ3) is 2.80. The van der Waals surface area contributed by atoms with Crippen molar-refractivity contribution in [2.24, 2.45) is 0 Å². The van der Waals surface area contributed by atoms with Gasteiger partial charge in [-0.05, 0) is 0 Å². The first kappa shape index (κ1) is 12.1. The van der Waals surface area contributed by atoms with Crippen LogP contribution >= 0.6 is 0 Å². The Hall–Kier alpha value is -0.905. The summed E-state index contributed by atoms with van der Waals surface area (Å²) in [5.74, 6) is -3.04. The summed E-state index contributed by atoms with van der Waals surface area (Å²) in [6.07, 6.45) is 0. The normalized spacial score (nSPS) is 8.62. The van der Waals surface area contributed by atoms with Crippen LogP contribution in [0.3, 0.4) is 0 Å².